The van der Waals surface area contributed by atoms with Crippen molar-refractivity contribution in [2.75, 3.05) is 6.54 Å². The van der Waals surface area contributed by atoms with Gasteiger partial charge in [-0.1, -0.05) is 26.7 Å². The van der Waals surface area contributed by atoms with E-state index in [-0.39, 0.29) is 5.41 Å². The molecule has 0 aromatic rings. The quantitative estimate of drug-likeness (QED) is 0.806. The maximum atomic E-state index is 11.1. The minimum Gasteiger partial charge on any atom is -0.389 e. The molecule has 0 spiro atoms. The fourth-order valence-electron chi connectivity index (χ4n) is 4.53. The van der Waals surface area contributed by atoms with Crippen molar-refractivity contribution in [2.45, 2.75) is 77.2 Å². The van der Waals surface area contributed by atoms with Gasteiger partial charge in [0.2, 0.25) is 0 Å². The van der Waals surface area contributed by atoms with Crippen LogP contribution in [0.25, 0.3) is 0 Å². The van der Waals surface area contributed by atoms with Gasteiger partial charge in [0.25, 0.3) is 0 Å². The monoisotopic (exact) mass is 253 g/mol. The van der Waals surface area contributed by atoms with Crippen molar-refractivity contribution in [2.24, 2.45) is 23.0 Å². The molecule has 0 aromatic heterocycles. The molecule has 2 saturated carbocycles. The molecule has 0 aromatic carbocycles. The summed E-state index contributed by atoms with van der Waals surface area (Å²) >= 11 is 0. The van der Waals surface area contributed by atoms with E-state index in [0.29, 0.717) is 12.5 Å². The Morgan fingerprint density at radius 2 is 1.83 bits per heavy atom. The summed E-state index contributed by atoms with van der Waals surface area (Å²) in [5.41, 5.74) is 5.68. The van der Waals surface area contributed by atoms with E-state index in [1.807, 2.05) is 0 Å². The van der Waals surface area contributed by atoms with Gasteiger partial charge in [0.05, 0.1) is 5.60 Å². The van der Waals surface area contributed by atoms with Crippen LogP contribution in [0.4, 0.5) is 0 Å². The molecule has 2 atom stereocenters. The Morgan fingerprint density at radius 3 is 2.28 bits per heavy atom. The van der Waals surface area contributed by atoms with Gasteiger partial charge in [0.1, 0.15) is 0 Å². The van der Waals surface area contributed by atoms with Crippen LogP contribution in [-0.2, 0) is 0 Å². The van der Waals surface area contributed by atoms with E-state index < -0.39 is 5.60 Å². The van der Waals surface area contributed by atoms with E-state index in [0.717, 1.165) is 31.6 Å². The van der Waals surface area contributed by atoms with Crippen molar-refractivity contribution in [3.05, 3.63) is 0 Å². The maximum absolute atomic E-state index is 11.1. The van der Waals surface area contributed by atoms with Crippen LogP contribution in [0.15, 0.2) is 0 Å². The molecule has 106 valence electrons. The highest BCUT2D eigenvalue weighted by Crippen LogP contribution is 2.54. The molecule has 2 heteroatoms. The van der Waals surface area contributed by atoms with Crippen LogP contribution in [0, 0.1) is 17.3 Å². The van der Waals surface area contributed by atoms with E-state index in [4.69, 9.17) is 5.73 Å². The van der Waals surface area contributed by atoms with Crippen molar-refractivity contribution in [1.29, 1.82) is 0 Å². The van der Waals surface area contributed by atoms with Gasteiger partial charge in [-0.25, -0.2) is 0 Å². The number of rotatable bonds is 4. The zero-order valence-corrected chi connectivity index (χ0v) is 12.3. The first-order valence-electron chi connectivity index (χ1n) is 7.98. The highest BCUT2D eigenvalue weighted by molar-refractivity contribution is 5.05. The van der Waals surface area contributed by atoms with Crippen molar-refractivity contribution in [1.82, 2.24) is 0 Å². The Kier molecular flexibility index (Phi) is 4.38. The predicted molar refractivity (Wildman–Crippen MR) is 76.3 cm³/mol. The van der Waals surface area contributed by atoms with Gasteiger partial charge < -0.3 is 10.8 Å². The molecular formula is C16H31NO. The number of aliphatic hydroxyl groups is 1. The van der Waals surface area contributed by atoms with Gasteiger partial charge in [-0.05, 0) is 56.8 Å². The van der Waals surface area contributed by atoms with Gasteiger partial charge in [0.15, 0.2) is 0 Å². The van der Waals surface area contributed by atoms with Gasteiger partial charge in [-0.3, -0.25) is 0 Å². The van der Waals surface area contributed by atoms with E-state index >= 15 is 0 Å². The molecule has 0 radical (unpaired) electrons. The standard InChI is InChI=1S/C16H31NO/c1-3-4-14-6-8-15(12-17,9-7-14)16(18)10-5-13(2)11-16/h13-14,18H,3-12,17H2,1-2H3. The van der Waals surface area contributed by atoms with E-state index in [2.05, 4.69) is 13.8 Å². The average molecular weight is 253 g/mol. The number of hydrogen-bond donors (Lipinski definition) is 2. The normalized spacial score (nSPS) is 45.3. The zero-order valence-electron chi connectivity index (χ0n) is 12.3. The van der Waals surface area contributed by atoms with E-state index in [1.165, 1.54) is 32.1 Å². The van der Waals surface area contributed by atoms with Crippen molar-refractivity contribution >= 4 is 0 Å². The van der Waals surface area contributed by atoms with Crippen molar-refractivity contribution in [3.63, 3.8) is 0 Å². The second-order valence-electron chi connectivity index (χ2n) is 7.10. The summed E-state index contributed by atoms with van der Waals surface area (Å²) in [6.45, 7) is 5.22. The lowest BCUT2D eigenvalue weighted by Crippen LogP contribution is -2.53. The largest absolute Gasteiger partial charge is 0.389 e. The minimum absolute atomic E-state index is 0.0298. The molecule has 0 saturated heterocycles. The average Bonchev–Trinajstić information content (AvgIpc) is 2.72. The van der Waals surface area contributed by atoms with Crippen LogP contribution in [0.3, 0.4) is 0 Å². The Morgan fingerprint density at radius 1 is 1.17 bits per heavy atom. The molecule has 18 heavy (non-hydrogen) atoms. The summed E-state index contributed by atoms with van der Waals surface area (Å²) in [7, 11) is 0. The smallest absolute Gasteiger partial charge is 0.0718 e. The molecule has 3 N–H and O–H groups in total. The third-order valence-corrected chi connectivity index (χ3v) is 5.87. The lowest BCUT2D eigenvalue weighted by atomic mass is 9.60. The lowest BCUT2D eigenvalue weighted by molar-refractivity contribution is -0.102. The summed E-state index contributed by atoms with van der Waals surface area (Å²) in [5.74, 6) is 1.56. The molecule has 0 aliphatic heterocycles. The Hall–Kier alpha value is -0.0800. The number of nitrogens with two attached hydrogens (primary N) is 1. The molecule has 0 bridgehead atoms. The highest BCUT2D eigenvalue weighted by atomic mass is 16.3. The van der Waals surface area contributed by atoms with Crippen LogP contribution in [-0.4, -0.2) is 17.3 Å². The van der Waals surface area contributed by atoms with Crippen LogP contribution in [0.1, 0.15) is 71.6 Å². The molecule has 2 unspecified atom stereocenters. The maximum Gasteiger partial charge on any atom is 0.0718 e. The van der Waals surface area contributed by atoms with Gasteiger partial charge in [-0.15, -0.1) is 0 Å². The van der Waals surface area contributed by atoms with Crippen LogP contribution in [0.5, 0.6) is 0 Å². The topological polar surface area (TPSA) is 46.2 Å². The molecular weight excluding hydrogens is 222 g/mol. The Bertz CT molecular complexity index is 270. The van der Waals surface area contributed by atoms with E-state index in [9.17, 15) is 5.11 Å². The first kappa shape index (κ1) is 14.3. The second kappa shape index (κ2) is 5.50. The minimum atomic E-state index is -0.460. The molecule has 2 fully saturated rings. The van der Waals surface area contributed by atoms with Crippen molar-refractivity contribution in [3.8, 4) is 0 Å². The SMILES string of the molecule is CCCC1CCC(CN)(C2(O)CCC(C)C2)CC1. The third kappa shape index (κ3) is 2.46. The molecule has 2 nitrogen and oxygen atoms in total. The first-order valence-corrected chi connectivity index (χ1v) is 7.98. The molecule has 0 heterocycles. The summed E-state index contributed by atoms with van der Waals surface area (Å²) < 4.78 is 0. The molecule has 2 aliphatic carbocycles. The first-order chi connectivity index (χ1) is 8.55. The lowest BCUT2D eigenvalue weighted by Gasteiger charge is -2.49. The second-order valence-corrected chi connectivity index (χ2v) is 7.10. The van der Waals surface area contributed by atoms with E-state index in [1.54, 1.807) is 0 Å². The summed E-state index contributed by atoms with van der Waals surface area (Å²) in [6, 6.07) is 0. The molecule has 0 amide bonds. The van der Waals surface area contributed by atoms with Gasteiger partial charge in [-0.2, -0.15) is 0 Å². The summed E-state index contributed by atoms with van der Waals surface area (Å²) in [5, 5.41) is 11.1. The Labute approximate surface area is 112 Å². The predicted octanol–water partition coefficient (Wildman–Crippen LogP) is 3.47. The fraction of sp³-hybridized carbons (Fsp3) is 1.00. The number of hydrogen-bond acceptors (Lipinski definition) is 2. The molecule has 2 rings (SSSR count). The van der Waals surface area contributed by atoms with Gasteiger partial charge in [0, 0.05) is 12.0 Å². The summed E-state index contributed by atoms with van der Waals surface area (Å²) in [4.78, 5) is 0. The fourth-order valence-corrected chi connectivity index (χ4v) is 4.53. The van der Waals surface area contributed by atoms with Crippen LogP contribution >= 0.6 is 0 Å². The third-order valence-electron chi connectivity index (χ3n) is 5.87. The van der Waals surface area contributed by atoms with Crippen LogP contribution < -0.4 is 5.73 Å². The zero-order chi connectivity index (χ0) is 13.2. The summed E-state index contributed by atoms with van der Waals surface area (Å²) in [6.07, 6.45) is 10.6. The van der Waals surface area contributed by atoms with Gasteiger partial charge >= 0.3 is 0 Å². The Balaban J connectivity index is 2.04. The van der Waals surface area contributed by atoms with Crippen LogP contribution in [0.2, 0.25) is 0 Å². The highest BCUT2D eigenvalue weighted by Gasteiger charge is 2.53. The molecule has 2 aliphatic rings. The van der Waals surface area contributed by atoms with Crippen molar-refractivity contribution < 1.29 is 5.11 Å².